The summed E-state index contributed by atoms with van der Waals surface area (Å²) in [6, 6.07) is 3.75. The molecular weight excluding hydrogens is 354 g/mol. The summed E-state index contributed by atoms with van der Waals surface area (Å²) in [6.07, 6.45) is -9.56. The van der Waals surface area contributed by atoms with Gasteiger partial charge in [-0.25, -0.2) is 9.59 Å². The van der Waals surface area contributed by atoms with E-state index in [-0.39, 0.29) is 0 Å². The van der Waals surface area contributed by atoms with E-state index >= 15 is 0 Å². The van der Waals surface area contributed by atoms with Crippen LogP contribution in [0.3, 0.4) is 0 Å². The molecule has 0 aliphatic carbocycles. The Morgan fingerprint density at radius 3 is 1.28 bits per heavy atom. The monoisotopic (exact) mass is 360 g/mol. The maximum absolute atomic E-state index is 12.9. The zero-order valence-corrected chi connectivity index (χ0v) is 12.0. The highest BCUT2D eigenvalue weighted by Crippen LogP contribution is 2.35. The maximum atomic E-state index is 12.9. The van der Waals surface area contributed by atoms with Crippen LogP contribution >= 0.6 is 0 Å². The van der Waals surface area contributed by atoms with Gasteiger partial charge in [0.05, 0.1) is 21.9 Å². The van der Waals surface area contributed by atoms with Gasteiger partial charge in [-0.3, -0.25) is 0 Å². The van der Waals surface area contributed by atoms with Crippen LogP contribution in [0.25, 0.3) is 21.5 Å². The molecule has 0 unspecified atom stereocenters. The summed E-state index contributed by atoms with van der Waals surface area (Å²) in [5.41, 5.74) is -4.81. The van der Waals surface area contributed by atoms with Gasteiger partial charge in [0.2, 0.25) is 0 Å². The first-order valence-corrected chi connectivity index (χ1v) is 6.68. The van der Waals surface area contributed by atoms with Crippen molar-refractivity contribution in [1.82, 2.24) is 0 Å². The molecule has 3 rings (SSSR count). The zero-order chi connectivity index (χ0) is 18.6. The molecule has 0 aliphatic heterocycles. The predicted octanol–water partition coefficient (Wildman–Crippen LogP) is 4.34. The molecule has 0 atom stereocenters. The first kappa shape index (κ1) is 17.0. The molecule has 0 amide bonds. The molecule has 0 radical (unpaired) electrons. The van der Waals surface area contributed by atoms with E-state index in [4.69, 9.17) is 0 Å². The summed E-state index contributed by atoms with van der Waals surface area (Å²) in [5, 5.41) is -1.77. The van der Waals surface area contributed by atoms with Crippen molar-refractivity contribution in [2.24, 2.45) is 0 Å². The van der Waals surface area contributed by atoms with Gasteiger partial charge >= 0.3 is 23.6 Å². The highest BCUT2D eigenvalue weighted by Gasteiger charge is 2.32. The summed E-state index contributed by atoms with van der Waals surface area (Å²) in [4.78, 5) is 23.8. The van der Waals surface area contributed by atoms with Gasteiger partial charge in [-0.15, -0.1) is 0 Å². The first-order valence-electron chi connectivity index (χ1n) is 6.68. The van der Waals surface area contributed by atoms with Gasteiger partial charge in [-0.2, -0.15) is 26.3 Å². The Morgan fingerprint density at radius 1 is 0.600 bits per heavy atom. The summed E-state index contributed by atoms with van der Waals surface area (Å²) in [7, 11) is 0. The van der Waals surface area contributed by atoms with Crippen molar-refractivity contribution in [2.45, 2.75) is 12.4 Å². The molecule has 9 heteroatoms. The van der Waals surface area contributed by atoms with Gasteiger partial charge in [0, 0.05) is 0 Å². The summed E-state index contributed by atoms with van der Waals surface area (Å²) in [5.74, 6) is 0. The molecule has 0 saturated heterocycles. The SMILES string of the molecule is O=c1oc(=O)c2ccc(C(F)(F)F)cc2c2cc(C(F)(F)F)ccc12. The fourth-order valence-electron chi connectivity index (χ4n) is 2.44. The van der Waals surface area contributed by atoms with Crippen LogP contribution in [0, 0.1) is 0 Å². The summed E-state index contributed by atoms with van der Waals surface area (Å²) < 4.78 is 82.0. The van der Waals surface area contributed by atoms with Crippen LogP contribution in [0.2, 0.25) is 0 Å². The third-order valence-electron chi connectivity index (χ3n) is 3.61. The highest BCUT2D eigenvalue weighted by atomic mass is 19.4. The Bertz CT molecular complexity index is 1020. The van der Waals surface area contributed by atoms with E-state index in [0.29, 0.717) is 24.3 Å². The Kier molecular flexibility index (Phi) is 3.63. The zero-order valence-electron chi connectivity index (χ0n) is 12.0. The fourth-order valence-corrected chi connectivity index (χ4v) is 2.44. The molecule has 3 aromatic rings. The van der Waals surface area contributed by atoms with Gasteiger partial charge in [-0.1, -0.05) is 0 Å². The van der Waals surface area contributed by atoms with Crippen LogP contribution < -0.4 is 11.3 Å². The van der Waals surface area contributed by atoms with Crippen LogP contribution in [-0.4, -0.2) is 0 Å². The second-order valence-corrected chi connectivity index (χ2v) is 5.19. The quantitative estimate of drug-likeness (QED) is 0.560. The molecule has 0 spiro atoms. The van der Waals surface area contributed by atoms with Gasteiger partial charge < -0.3 is 4.42 Å². The highest BCUT2D eigenvalue weighted by molar-refractivity contribution is 6.05. The number of hydrogen-bond donors (Lipinski definition) is 0. The lowest BCUT2D eigenvalue weighted by molar-refractivity contribution is -0.138. The number of benzene rings is 2. The minimum Gasteiger partial charge on any atom is -0.386 e. The lowest BCUT2D eigenvalue weighted by Gasteiger charge is -2.09. The minimum atomic E-state index is -4.78. The van der Waals surface area contributed by atoms with Crippen molar-refractivity contribution in [3.63, 3.8) is 0 Å². The van der Waals surface area contributed by atoms with E-state index in [1.807, 2.05) is 0 Å². The second-order valence-electron chi connectivity index (χ2n) is 5.19. The van der Waals surface area contributed by atoms with E-state index < -0.39 is 56.3 Å². The summed E-state index contributed by atoms with van der Waals surface area (Å²) in [6.45, 7) is 0. The van der Waals surface area contributed by atoms with Crippen molar-refractivity contribution in [3.05, 3.63) is 68.4 Å². The third kappa shape index (κ3) is 2.97. The molecule has 130 valence electrons. The predicted molar refractivity (Wildman–Crippen MR) is 76.3 cm³/mol. The van der Waals surface area contributed by atoms with E-state index in [9.17, 15) is 35.9 Å². The van der Waals surface area contributed by atoms with E-state index in [1.54, 1.807) is 0 Å². The molecule has 1 heterocycles. The second kappa shape index (κ2) is 5.33. The van der Waals surface area contributed by atoms with Crippen molar-refractivity contribution >= 4 is 21.5 Å². The largest absolute Gasteiger partial charge is 0.416 e. The molecule has 0 fully saturated rings. The standard InChI is InChI=1S/C16H6F6O3/c17-15(18,19)7-1-3-9-11(5-7)12-6-8(16(20,21)22)2-4-10(12)14(24)25-13(9)23/h1-6H. The minimum absolute atomic E-state index is 0.431. The number of fused-ring (bicyclic) bond motifs is 3. The Morgan fingerprint density at radius 2 is 0.960 bits per heavy atom. The Balaban J connectivity index is 2.59. The molecule has 0 N–H and O–H groups in total. The van der Waals surface area contributed by atoms with E-state index in [1.165, 1.54) is 0 Å². The molecule has 3 nitrogen and oxygen atoms in total. The van der Waals surface area contributed by atoms with Crippen LogP contribution in [0.15, 0.2) is 50.4 Å². The topological polar surface area (TPSA) is 47.3 Å². The number of rotatable bonds is 0. The molecular formula is C16H6F6O3. The van der Waals surface area contributed by atoms with Gasteiger partial charge in [0.15, 0.2) is 0 Å². The van der Waals surface area contributed by atoms with Gasteiger partial charge in [0.1, 0.15) is 0 Å². The number of hydrogen-bond acceptors (Lipinski definition) is 3. The number of alkyl halides is 6. The smallest absolute Gasteiger partial charge is 0.386 e. The normalized spacial score (nSPS) is 12.7. The van der Waals surface area contributed by atoms with Crippen LogP contribution in [0.4, 0.5) is 26.3 Å². The van der Waals surface area contributed by atoms with E-state index in [0.717, 1.165) is 12.1 Å². The van der Waals surface area contributed by atoms with Crippen molar-refractivity contribution < 1.29 is 30.8 Å². The molecule has 0 bridgehead atoms. The molecule has 25 heavy (non-hydrogen) atoms. The first-order chi connectivity index (χ1) is 11.5. The molecule has 0 saturated carbocycles. The van der Waals surface area contributed by atoms with Gasteiger partial charge in [-0.05, 0) is 47.2 Å². The van der Waals surface area contributed by atoms with E-state index in [2.05, 4.69) is 4.42 Å². The lowest BCUT2D eigenvalue weighted by Crippen LogP contribution is -2.06. The lowest BCUT2D eigenvalue weighted by atomic mass is 10.0. The Hall–Kier alpha value is -2.84. The molecule has 2 aromatic carbocycles. The average Bonchev–Trinajstić information content (AvgIpc) is 2.61. The van der Waals surface area contributed by atoms with Crippen LogP contribution in [-0.2, 0) is 12.4 Å². The third-order valence-corrected chi connectivity index (χ3v) is 3.61. The molecule has 1 aromatic heterocycles. The van der Waals surface area contributed by atoms with Crippen LogP contribution in [0.1, 0.15) is 11.1 Å². The average molecular weight is 360 g/mol. The summed E-state index contributed by atoms with van der Waals surface area (Å²) >= 11 is 0. The van der Waals surface area contributed by atoms with Gasteiger partial charge in [0.25, 0.3) is 0 Å². The molecule has 0 aliphatic rings. The Labute approximate surface area is 134 Å². The number of halogens is 6. The maximum Gasteiger partial charge on any atom is 0.416 e. The van der Waals surface area contributed by atoms with Crippen molar-refractivity contribution in [1.29, 1.82) is 0 Å². The van der Waals surface area contributed by atoms with Crippen molar-refractivity contribution in [2.75, 3.05) is 0 Å². The van der Waals surface area contributed by atoms with Crippen LogP contribution in [0.5, 0.6) is 0 Å². The fraction of sp³-hybridized carbons (Fsp3) is 0.125. The van der Waals surface area contributed by atoms with Crippen molar-refractivity contribution in [3.8, 4) is 0 Å².